The molecule has 1 aromatic rings. The number of nitrogen functional groups attached to an aromatic ring is 1. The van der Waals surface area contributed by atoms with Crippen LogP contribution in [0.5, 0.6) is 0 Å². The van der Waals surface area contributed by atoms with Crippen molar-refractivity contribution in [2.75, 3.05) is 37.3 Å². The third kappa shape index (κ3) is 2.14. The Bertz CT molecular complexity index is 651. The van der Waals surface area contributed by atoms with Gasteiger partial charge in [0.1, 0.15) is 9.90 Å². The van der Waals surface area contributed by atoms with E-state index in [1.54, 1.807) is 16.8 Å². The summed E-state index contributed by atoms with van der Waals surface area (Å²) in [5, 5.41) is 0.180. The highest BCUT2D eigenvalue weighted by molar-refractivity contribution is 7.92. The number of amides is 1. The Hall–Kier alpha value is -1.35. The zero-order valence-corrected chi connectivity index (χ0v) is 12.7. The molecule has 1 aromatic heterocycles. The molecule has 2 fully saturated rings. The summed E-state index contributed by atoms with van der Waals surface area (Å²) in [6, 6.07) is 0. The second-order valence-electron chi connectivity index (χ2n) is 5.18. The first-order chi connectivity index (χ1) is 9.41. The van der Waals surface area contributed by atoms with Crippen molar-refractivity contribution >= 4 is 38.1 Å². The van der Waals surface area contributed by atoms with Crippen LogP contribution in [0.3, 0.4) is 0 Å². The van der Waals surface area contributed by atoms with Gasteiger partial charge in [-0.25, -0.2) is 8.42 Å². The molecule has 2 aliphatic rings. The molecule has 7 nitrogen and oxygen atoms in total. The molecular formula is C11H16N4O3S2. The number of hydrogen-bond acceptors (Lipinski definition) is 7. The summed E-state index contributed by atoms with van der Waals surface area (Å²) in [5.74, 6) is 0.0290. The lowest BCUT2D eigenvalue weighted by Gasteiger charge is -2.32. The van der Waals surface area contributed by atoms with Gasteiger partial charge < -0.3 is 15.5 Å². The van der Waals surface area contributed by atoms with Gasteiger partial charge in [0.25, 0.3) is 0 Å². The normalized spacial score (nSPS) is 20.6. The highest BCUT2D eigenvalue weighted by Gasteiger charge is 2.42. The number of sulfone groups is 1. The summed E-state index contributed by atoms with van der Waals surface area (Å²) in [6.45, 7) is 1.34. The SMILES string of the molecule is CN1CCN(c2snc(N)c2S(=O)(=O)C2CC2)CC1=O. The van der Waals surface area contributed by atoms with Crippen molar-refractivity contribution in [1.82, 2.24) is 9.27 Å². The molecule has 20 heavy (non-hydrogen) atoms. The average Bonchev–Trinajstić information content (AvgIpc) is 3.17. The van der Waals surface area contributed by atoms with E-state index in [0.717, 1.165) is 11.5 Å². The molecule has 0 radical (unpaired) electrons. The molecule has 0 atom stereocenters. The van der Waals surface area contributed by atoms with Gasteiger partial charge in [0, 0.05) is 20.1 Å². The first-order valence-corrected chi connectivity index (χ1v) is 8.71. The van der Waals surface area contributed by atoms with Gasteiger partial charge in [0.05, 0.1) is 11.8 Å². The van der Waals surface area contributed by atoms with Crippen LogP contribution in [0.25, 0.3) is 0 Å². The minimum absolute atomic E-state index is 0.0296. The molecule has 0 bridgehead atoms. The van der Waals surface area contributed by atoms with Gasteiger partial charge in [0.15, 0.2) is 15.7 Å². The lowest BCUT2D eigenvalue weighted by atomic mass is 10.3. The molecule has 9 heteroatoms. The Morgan fingerprint density at radius 3 is 2.65 bits per heavy atom. The molecule has 3 rings (SSSR count). The summed E-state index contributed by atoms with van der Waals surface area (Å²) in [5.41, 5.74) is 5.76. The van der Waals surface area contributed by atoms with E-state index in [4.69, 9.17) is 5.73 Å². The van der Waals surface area contributed by atoms with Crippen molar-refractivity contribution in [1.29, 1.82) is 0 Å². The number of anilines is 2. The fourth-order valence-corrected chi connectivity index (χ4v) is 5.28. The number of nitrogens with zero attached hydrogens (tertiary/aromatic N) is 3. The van der Waals surface area contributed by atoms with Crippen LogP contribution in [0.4, 0.5) is 10.8 Å². The average molecular weight is 316 g/mol. The zero-order chi connectivity index (χ0) is 14.5. The maximum Gasteiger partial charge on any atom is 0.241 e. The standard InChI is InChI=1S/C11H16N4O3S2/c1-14-4-5-15(6-8(14)16)11-9(10(12)13-19-11)20(17,18)7-2-3-7/h7H,2-6H2,1H3,(H2,12,13). The number of carbonyl (C=O) groups excluding carboxylic acids is 1. The van der Waals surface area contributed by atoms with Crippen LogP contribution in [0.15, 0.2) is 4.90 Å². The van der Waals surface area contributed by atoms with Crippen molar-refractivity contribution < 1.29 is 13.2 Å². The summed E-state index contributed by atoms with van der Waals surface area (Å²) >= 11 is 1.06. The van der Waals surface area contributed by atoms with Gasteiger partial charge >= 0.3 is 0 Å². The molecule has 2 heterocycles. The van der Waals surface area contributed by atoms with Crippen LogP contribution >= 0.6 is 11.5 Å². The summed E-state index contributed by atoms with van der Waals surface area (Å²) in [4.78, 5) is 15.3. The van der Waals surface area contributed by atoms with E-state index < -0.39 is 9.84 Å². The third-order valence-electron chi connectivity index (χ3n) is 3.65. The fraction of sp³-hybridized carbons (Fsp3) is 0.636. The number of rotatable bonds is 3. The lowest BCUT2D eigenvalue weighted by molar-refractivity contribution is -0.129. The van der Waals surface area contributed by atoms with Crippen molar-refractivity contribution in [3.63, 3.8) is 0 Å². The first-order valence-electron chi connectivity index (χ1n) is 6.39. The van der Waals surface area contributed by atoms with E-state index in [1.165, 1.54) is 0 Å². The summed E-state index contributed by atoms with van der Waals surface area (Å²) in [6.07, 6.45) is 1.36. The number of likely N-dealkylation sites (N-methyl/N-ethyl adjacent to an activating group) is 1. The van der Waals surface area contributed by atoms with Crippen LogP contribution < -0.4 is 10.6 Å². The van der Waals surface area contributed by atoms with Gasteiger partial charge in [0.2, 0.25) is 5.91 Å². The Balaban J connectivity index is 1.97. The molecular weight excluding hydrogens is 300 g/mol. The monoisotopic (exact) mass is 316 g/mol. The van der Waals surface area contributed by atoms with Gasteiger partial charge in [-0.3, -0.25) is 4.79 Å². The van der Waals surface area contributed by atoms with Crippen LogP contribution in [-0.4, -0.2) is 55.5 Å². The Morgan fingerprint density at radius 1 is 1.35 bits per heavy atom. The zero-order valence-electron chi connectivity index (χ0n) is 11.1. The van der Waals surface area contributed by atoms with Gasteiger partial charge in [-0.15, -0.1) is 0 Å². The molecule has 0 spiro atoms. The smallest absolute Gasteiger partial charge is 0.241 e. The number of hydrogen-bond donors (Lipinski definition) is 1. The van der Waals surface area contributed by atoms with Crippen molar-refractivity contribution in [2.24, 2.45) is 0 Å². The van der Waals surface area contributed by atoms with Crippen LogP contribution in [0.1, 0.15) is 12.8 Å². The fourth-order valence-electron chi connectivity index (χ4n) is 2.23. The number of piperazine rings is 1. The number of carbonyl (C=O) groups is 1. The lowest BCUT2D eigenvalue weighted by Crippen LogP contribution is -2.48. The van der Waals surface area contributed by atoms with E-state index in [1.807, 2.05) is 0 Å². The largest absolute Gasteiger partial charge is 0.382 e. The second kappa shape index (κ2) is 4.59. The molecule has 1 saturated heterocycles. The maximum atomic E-state index is 12.5. The summed E-state index contributed by atoms with van der Waals surface area (Å²) in [7, 11) is -1.67. The highest BCUT2D eigenvalue weighted by Crippen LogP contribution is 2.42. The first kappa shape index (κ1) is 13.6. The van der Waals surface area contributed by atoms with Gasteiger partial charge in [-0.2, -0.15) is 4.37 Å². The topological polar surface area (TPSA) is 96.6 Å². The van der Waals surface area contributed by atoms with Crippen molar-refractivity contribution in [2.45, 2.75) is 23.0 Å². The van der Waals surface area contributed by atoms with Crippen LogP contribution in [0.2, 0.25) is 0 Å². The minimum Gasteiger partial charge on any atom is -0.382 e. The predicted molar refractivity (Wildman–Crippen MR) is 76.6 cm³/mol. The molecule has 1 aliphatic heterocycles. The van der Waals surface area contributed by atoms with Crippen molar-refractivity contribution in [3.05, 3.63) is 0 Å². The molecule has 0 aromatic carbocycles. The van der Waals surface area contributed by atoms with Crippen LogP contribution in [0, 0.1) is 0 Å². The Kier molecular flexibility index (Phi) is 3.13. The van der Waals surface area contributed by atoms with E-state index >= 15 is 0 Å². The highest BCUT2D eigenvalue weighted by atomic mass is 32.2. The number of nitrogens with two attached hydrogens (primary N) is 1. The maximum absolute atomic E-state index is 12.5. The molecule has 0 unspecified atom stereocenters. The van der Waals surface area contributed by atoms with E-state index in [0.29, 0.717) is 30.9 Å². The predicted octanol–water partition coefficient (Wildman–Crippen LogP) is -0.0602. The number of aromatic nitrogens is 1. The van der Waals surface area contributed by atoms with E-state index in [-0.39, 0.29) is 28.4 Å². The molecule has 110 valence electrons. The Morgan fingerprint density at radius 2 is 2.05 bits per heavy atom. The third-order valence-corrected chi connectivity index (χ3v) is 7.02. The second-order valence-corrected chi connectivity index (χ2v) is 8.10. The molecule has 1 aliphatic carbocycles. The molecule has 1 amide bonds. The van der Waals surface area contributed by atoms with E-state index in [9.17, 15) is 13.2 Å². The quantitative estimate of drug-likeness (QED) is 0.839. The minimum atomic E-state index is -3.41. The Labute approximate surface area is 121 Å². The van der Waals surface area contributed by atoms with Gasteiger partial charge in [-0.05, 0) is 24.4 Å². The van der Waals surface area contributed by atoms with Crippen molar-refractivity contribution in [3.8, 4) is 0 Å². The van der Waals surface area contributed by atoms with Gasteiger partial charge in [-0.1, -0.05) is 0 Å². The van der Waals surface area contributed by atoms with E-state index in [2.05, 4.69) is 4.37 Å². The molecule has 2 N–H and O–H groups in total. The molecule has 1 saturated carbocycles. The van der Waals surface area contributed by atoms with Crippen LogP contribution in [-0.2, 0) is 14.6 Å². The summed E-state index contributed by atoms with van der Waals surface area (Å²) < 4.78 is 28.9.